The topological polar surface area (TPSA) is 101 Å². The van der Waals surface area contributed by atoms with Gasteiger partial charge >= 0.3 is 0 Å². The zero-order chi connectivity index (χ0) is 29.7. The molecular formula is C34H37N3O5. The lowest BCUT2D eigenvalue weighted by Crippen LogP contribution is -2.44. The molecule has 0 bridgehead atoms. The summed E-state index contributed by atoms with van der Waals surface area (Å²) in [5.74, 6) is -1.25. The van der Waals surface area contributed by atoms with E-state index in [2.05, 4.69) is 0 Å². The molecule has 8 nitrogen and oxygen atoms in total. The van der Waals surface area contributed by atoms with Crippen molar-refractivity contribution in [1.82, 2.24) is 4.90 Å². The third-order valence-corrected chi connectivity index (χ3v) is 8.14. The number of rotatable bonds is 11. The van der Waals surface area contributed by atoms with Gasteiger partial charge in [0.1, 0.15) is 0 Å². The second-order valence-corrected chi connectivity index (χ2v) is 10.9. The molecule has 3 aromatic rings. The average Bonchev–Trinajstić information content (AvgIpc) is 3.53. The van der Waals surface area contributed by atoms with Gasteiger partial charge in [-0.05, 0) is 35.7 Å². The first-order chi connectivity index (χ1) is 20.3. The minimum atomic E-state index is -1.88. The smallest absolute Gasteiger partial charge is 0.264 e. The minimum absolute atomic E-state index is 0.0262. The lowest BCUT2D eigenvalue weighted by atomic mass is 9.82. The highest BCUT2D eigenvalue weighted by Gasteiger charge is 2.52. The summed E-state index contributed by atoms with van der Waals surface area (Å²) in [6, 6.07) is 24.6. The Kier molecular flexibility index (Phi) is 8.85. The molecule has 2 N–H and O–H groups in total. The SMILES string of the molecule is C[C@H](/C=C/CC(=O)N(CCO)Cc1ccccc1)[C@@]1(O)C(=O)N(Cc2ccccc2)c2ccc(N3CCCC3=O)cc21. The quantitative estimate of drug-likeness (QED) is 0.339. The number of fused-ring (bicyclic) bond motifs is 1. The number of aliphatic hydroxyl groups is 2. The monoisotopic (exact) mass is 567 g/mol. The Bertz CT molecular complexity index is 1460. The van der Waals surface area contributed by atoms with E-state index in [0.717, 1.165) is 17.5 Å². The second-order valence-electron chi connectivity index (χ2n) is 10.9. The number of amides is 3. The van der Waals surface area contributed by atoms with Gasteiger partial charge < -0.3 is 24.9 Å². The van der Waals surface area contributed by atoms with E-state index in [4.69, 9.17) is 0 Å². The van der Waals surface area contributed by atoms with Crippen LogP contribution in [0.1, 0.15) is 42.9 Å². The summed E-state index contributed by atoms with van der Waals surface area (Å²) in [5, 5.41) is 21.7. The third-order valence-electron chi connectivity index (χ3n) is 8.14. The Morgan fingerprint density at radius 3 is 2.36 bits per heavy atom. The Morgan fingerprint density at radius 2 is 1.71 bits per heavy atom. The molecule has 0 radical (unpaired) electrons. The van der Waals surface area contributed by atoms with Crippen molar-refractivity contribution in [1.29, 1.82) is 0 Å². The molecule has 3 amide bonds. The summed E-state index contributed by atoms with van der Waals surface area (Å²) in [6.07, 6.45) is 4.69. The van der Waals surface area contributed by atoms with Crippen molar-refractivity contribution in [3.63, 3.8) is 0 Å². The molecule has 2 aliphatic heterocycles. The van der Waals surface area contributed by atoms with Crippen LogP contribution in [0, 0.1) is 5.92 Å². The maximum atomic E-state index is 14.0. The molecule has 3 aromatic carbocycles. The van der Waals surface area contributed by atoms with Crippen LogP contribution in [0.25, 0.3) is 0 Å². The van der Waals surface area contributed by atoms with Gasteiger partial charge in [0.25, 0.3) is 5.91 Å². The minimum Gasteiger partial charge on any atom is -0.395 e. The molecule has 42 heavy (non-hydrogen) atoms. The van der Waals surface area contributed by atoms with Crippen LogP contribution >= 0.6 is 0 Å². The summed E-state index contributed by atoms with van der Waals surface area (Å²) in [6.45, 7) is 3.09. The summed E-state index contributed by atoms with van der Waals surface area (Å²) in [5.41, 5.74) is 1.74. The number of hydrogen-bond donors (Lipinski definition) is 2. The van der Waals surface area contributed by atoms with Crippen molar-refractivity contribution < 1.29 is 24.6 Å². The van der Waals surface area contributed by atoms with Gasteiger partial charge in [-0.2, -0.15) is 0 Å². The summed E-state index contributed by atoms with van der Waals surface area (Å²) in [7, 11) is 0. The Hall–Kier alpha value is -4.27. The molecular weight excluding hydrogens is 530 g/mol. The zero-order valence-corrected chi connectivity index (χ0v) is 23.9. The Labute approximate surface area is 246 Å². The van der Waals surface area contributed by atoms with Gasteiger partial charge in [-0.15, -0.1) is 0 Å². The van der Waals surface area contributed by atoms with Crippen LogP contribution in [-0.2, 0) is 33.1 Å². The molecule has 0 aromatic heterocycles. The molecule has 0 saturated carbocycles. The number of nitrogens with zero attached hydrogens (tertiary/aromatic N) is 3. The first-order valence-corrected chi connectivity index (χ1v) is 14.4. The van der Waals surface area contributed by atoms with Gasteiger partial charge in [-0.1, -0.05) is 79.7 Å². The number of aliphatic hydroxyl groups excluding tert-OH is 1. The van der Waals surface area contributed by atoms with Crippen LogP contribution in [0.4, 0.5) is 11.4 Å². The summed E-state index contributed by atoms with van der Waals surface area (Å²) in [4.78, 5) is 44.4. The average molecular weight is 568 g/mol. The van der Waals surface area contributed by atoms with Crippen molar-refractivity contribution in [2.75, 3.05) is 29.5 Å². The van der Waals surface area contributed by atoms with Crippen molar-refractivity contribution >= 4 is 29.1 Å². The lowest BCUT2D eigenvalue weighted by Gasteiger charge is -2.28. The fourth-order valence-electron chi connectivity index (χ4n) is 5.80. The Morgan fingerprint density at radius 1 is 1.02 bits per heavy atom. The highest BCUT2D eigenvalue weighted by molar-refractivity contribution is 6.08. The van der Waals surface area contributed by atoms with Crippen molar-refractivity contribution in [2.45, 2.75) is 44.9 Å². The van der Waals surface area contributed by atoms with E-state index in [1.165, 1.54) is 0 Å². The van der Waals surface area contributed by atoms with Crippen molar-refractivity contribution in [3.05, 3.63) is 108 Å². The molecule has 1 fully saturated rings. The van der Waals surface area contributed by atoms with Gasteiger partial charge in [0.05, 0.1) is 18.8 Å². The molecule has 1 saturated heterocycles. The number of benzene rings is 3. The molecule has 2 atom stereocenters. The van der Waals surface area contributed by atoms with Crippen molar-refractivity contribution in [3.8, 4) is 0 Å². The van der Waals surface area contributed by atoms with Crippen LogP contribution in [0.2, 0.25) is 0 Å². The summed E-state index contributed by atoms with van der Waals surface area (Å²) < 4.78 is 0. The predicted molar refractivity (Wildman–Crippen MR) is 161 cm³/mol. The summed E-state index contributed by atoms with van der Waals surface area (Å²) >= 11 is 0. The normalized spacial score (nSPS) is 19.0. The number of carbonyl (C=O) groups excluding carboxylic acids is 3. The predicted octanol–water partition coefficient (Wildman–Crippen LogP) is 4.15. The molecule has 0 aliphatic carbocycles. The largest absolute Gasteiger partial charge is 0.395 e. The maximum Gasteiger partial charge on any atom is 0.264 e. The molecule has 0 spiro atoms. The van der Waals surface area contributed by atoms with Gasteiger partial charge in [-0.3, -0.25) is 14.4 Å². The number of hydrogen-bond acceptors (Lipinski definition) is 5. The fourth-order valence-corrected chi connectivity index (χ4v) is 5.80. The third kappa shape index (κ3) is 5.86. The highest BCUT2D eigenvalue weighted by Crippen LogP contribution is 2.47. The van der Waals surface area contributed by atoms with E-state index in [0.29, 0.717) is 43.0 Å². The van der Waals surface area contributed by atoms with Gasteiger partial charge in [0.2, 0.25) is 11.8 Å². The van der Waals surface area contributed by atoms with E-state index in [1.807, 2.05) is 72.8 Å². The molecule has 2 aliphatic rings. The van der Waals surface area contributed by atoms with Gasteiger partial charge in [0, 0.05) is 49.6 Å². The molecule has 8 heteroatoms. The highest BCUT2D eigenvalue weighted by atomic mass is 16.3. The van der Waals surface area contributed by atoms with E-state index in [1.54, 1.807) is 39.8 Å². The van der Waals surface area contributed by atoms with E-state index >= 15 is 0 Å². The zero-order valence-electron chi connectivity index (χ0n) is 23.9. The van der Waals surface area contributed by atoms with Crippen LogP contribution in [-0.4, -0.2) is 52.5 Å². The van der Waals surface area contributed by atoms with Crippen LogP contribution in [0.15, 0.2) is 91.0 Å². The van der Waals surface area contributed by atoms with Gasteiger partial charge in [-0.25, -0.2) is 0 Å². The molecule has 218 valence electrons. The number of anilines is 2. The van der Waals surface area contributed by atoms with Gasteiger partial charge in [0.15, 0.2) is 5.60 Å². The lowest BCUT2D eigenvalue weighted by molar-refractivity contribution is -0.139. The van der Waals surface area contributed by atoms with E-state index in [-0.39, 0.29) is 31.4 Å². The van der Waals surface area contributed by atoms with Crippen LogP contribution in [0.3, 0.4) is 0 Å². The molecule has 5 rings (SSSR count). The maximum absolute atomic E-state index is 14.0. The Balaban J connectivity index is 1.40. The molecule has 0 unspecified atom stereocenters. The standard InChI is InChI=1S/C34H37N3O5/c1-25(10-8-15-31(39)35(20-21-38)23-26-11-4-2-5-12-26)34(42)29-22-28(36-19-9-16-32(36)40)17-18-30(29)37(33(34)41)24-27-13-6-3-7-14-27/h2-8,10-14,17-18,22,25,38,42H,9,15-16,19-21,23-24H2,1H3/b10-8+/t25-,34+/m1/s1. The van der Waals surface area contributed by atoms with E-state index in [9.17, 15) is 24.6 Å². The van der Waals surface area contributed by atoms with Crippen LogP contribution in [0.5, 0.6) is 0 Å². The first kappa shape index (κ1) is 29.2. The van der Waals surface area contributed by atoms with E-state index < -0.39 is 17.4 Å². The second kappa shape index (κ2) is 12.7. The van der Waals surface area contributed by atoms with Crippen LogP contribution < -0.4 is 9.80 Å². The first-order valence-electron chi connectivity index (χ1n) is 14.4. The number of carbonyl (C=O) groups is 3. The fraction of sp³-hybridized carbons (Fsp3) is 0.324. The molecule has 2 heterocycles. The van der Waals surface area contributed by atoms with Crippen molar-refractivity contribution in [2.24, 2.45) is 5.92 Å².